The summed E-state index contributed by atoms with van der Waals surface area (Å²) in [5, 5.41) is 0. The van der Waals surface area contributed by atoms with E-state index in [0.717, 1.165) is 35.9 Å². The third-order valence-corrected chi connectivity index (χ3v) is 4.83. The molecule has 2 N–H and O–H groups in total. The van der Waals surface area contributed by atoms with Crippen LogP contribution in [0.25, 0.3) is 11.2 Å². The third-order valence-electron chi connectivity index (χ3n) is 4.83. The molecule has 0 amide bonds. The van der Waals surface area contributed by atoms with Crippen molar-refractivity contribution in [3.63, 3.8) is 0 Å². The van der Waals surface area contributed by atoms with E-state index in [-0.39, 0.29) is 17.3 Å². The van der Waals surface area contributed by atoms with Gasteiger partial charge in [-0.15, -0.1) is 6.58 Å². The molecular formula is C17H26N6O2. The van der Waals surface area contributed by atoms with Crippen molar-refractivity contribution in [2.75, 3.05) is 18.0 Å². The van der Waals surface area contributed by atoms with E-state index in [1.807, 2.05) is 11.5 Å². The highest BCUT2D eigenvalue weighted by Crippen LogP contribution is 2.23. The van der Waals surface area contributed by atoms with Crippen LogP contribution in [0.4, 0.5) is 5.95 Å². The van der Waals surface area contributed by atoms with Gasteiger partial charge in [0.25, 0.3) is 5.56 Å². The first-order valence-corrected chi connectivity index (χ1v) is 8.62. The molecule has 0 aromatic carbocycles. The number of anilines is 1. The van der Waals surface area contributed by atoms with Crippen molar-refractivity contribution in [2.24, 2.45) is 19.8 Å². The average Bonchev–Trinajstić information content (AvgIpc) is 2.96. The number of aryl methyl sites for hydroxylation is 2. The van der Waals surface area contributed by atoms with Crippen molar-refractivity contribution in [2.45, 2.75) is 38.8 Å². The van der Waals surface area contributed by atoms with E-state index in [0.29, 0.717) is 30.2 Å². The zero-order chi connectivity index (χ0) is 18.3. The molecule has 0 spiro atoms. The van der Waals surface area contributed by atoms with Crippen LogP contribution in [0.3, 0.4) is 0 Å². The normalized spacial score (nSPS) is 18.1. The van der Waals surface area contributed by atoms with Gasteiger partial charge in [-0.1, -0.05) is 5.57 Å². The SMILES string of the molecule is C=C(C)CCn1c(N2CCCC(N)C2)nc2c1c(=O)n(C)c(=O)n2C. The van der Waals surface area contributed by atoms with Crippen molar-refractivity contribution < 1.29 is 0 Å². The number of nitrogens with zero attached hydrogens (tertiary/aromatic N) is 5. The van der Waals surface area contributed by atoms with E-state index in [4.69, 9.17) is 5.73 Å². The summed E-state index contributed by atoms with van der Waals surface area (Å²) in [4.78, 5) is 31.8. The fourth-order valence-corrected chi connectivity index (χ4v) is 3.38. The fourth-order valence-electron chi connectivity index (χ4n) is 3.38. The lowest BCUT2D eigenvalue weighted by Crippen LogP contribution is -2.44. The second-order valence-corrected chi connectivity index (χ2v) is 7.00. The molecule has 0 radical (unpaired) electrons. The molecule has 3 rings (SSSR count). The maximum Gasteiger partial charge on any atom is 0.332 e. The zero-order valence-corrected chi connectivity index (χ0v) is 15.2. The number of allylic oxidation sites excluding steroid dienone is 1. The van der Waals surface area contributed by atoms with Gasteiger partial charge in [-0.3, -0.25) is 13.9 Å². The van der Waals surface area contributed by atoms with Gasteiger partial charge in [0.05, 0.1) is 0 Å². The summed E-state index contributed by atoms with van der Waals surface area (Å²) in [5.41, 5.74) is 7.34. The smallest absolute Gasteiger partial charge is 0.332 e. The van der Waals surface area contributed by atoms with Crippen LogP contribution in [0.2, 0.25) is 0 Å². The summed E-state index contributed by atoms with van der Waals surface area (Å²) in [6.45, 7) is 8.06. The summed E-state index contributed by atoms with van der Waals surface area (Å²) in [6, 6.07) is 0.0924. The Labute approximate surface area is 146 Å². The first-order valence-electron chi connectivity index (χ1n) is 8.62. The summed E-state index contributed by atoms with van der Waals surface area (Å²) in [5.74, 6) is 0.713. The zero-order valence-electron chi connectivity index (χ0n) is 15.2. The number of rotatable bonds is 4. The lowest BCUT2D eigenvalue weighted by Gasteiger charge is -2.31. The predicted octanol–water partition coefficient (Wildman–Crippen LogP) is 0.327. The molecule has 1 aliphatic rings. The maximum atomic E-state index is 12.8. The minimum Gasteiger partial charge on any atom is -0.341 e. The summed E-state index contributed by atoms with van der Waals surface area (Å²) in [6.07, 6.45) is 2.72. The van der Waals surface area contributed by atoms with Crippen LogP contribution >= 0.6 is 0 Å². The van der Waals surface area contributed by atoms with E-state index < -0.39 is 0 Å². The highest BCUT2D eigenvalue weighted by Gasteiger charge is 2.25. The van der Waals surface area contributed by atoms with Crippen LogP contribution in [-0.2, 0) is 20.6 Å². The average molecular weight is 346 g/mol. The molecule has 1 fully saturated rings. The molecule has 3 heterocycles. The Morgan fingerprint density at radius 1 is 1.32 bits per heavy atom. The largest absolute Gasteiger partial charge is 0.341 e. The Hall–Kier alpha value is -2.35. The third kappa shape index (κ3) is 3.02. The first kappa shape index (κ1) is 17.5. The Bertz CT molecular complexity index is 935. The molecule has 136 valence electrons. The van der Waals surface area contributed by atoms with Gasteiger partial charge in [0.1, 0.15) is 0 Å². The van der Waals surface area contributed by atoms with E-state index in [1.165, 1.54) is 11.6 Å². The monoisotopic (exact) mass is 346 g/mol. The minimum absolute atomic E-state index is 0.0924. The summed E-state index contributed by atoms with van der Waals surface area (Å²) >= 11 is 0. The lowest BCUT2D eigenvalue weighted by atomic mass is 10.1. The van der Waals surface area contributed by atoms with E-state index in [2.05, 4.69) is 16.5 Å². The molecule has 0 saturated carbocycles. The van der Waals surface area contributed by atoms with Crippen molar-refractivity contribution in [1.29, 1.82) is 0 Å². The lowest BCUT2D eigenvalue weighted by molar-refractivity contribution is 0.493. The molecule has 0 bridgehead atoms. The molecule has 2 aromatic heterocycles. The standard InChI is InChI=1S/C17H26N6O2/c1-11(2)7-9-23-13-14(20(3)17(25)21(4)15(13)24)19-16(23)22-8-5-6-12(18)10-22/h12H,1,5-10,18H2,2-4H3. The molecule has 0 aliphatic carbocycles. The van der Waals surface area contributed by atoms with Gasteiger partial charge in [-0.05, 0) is 26.2 Å². The number of fused-ring (bicyclic) bond motifs is 1. The molecular weight excluding hydrogens is 320 g/mol. The number of aromatic nitrogens is 4. The Morgan fingerprint density at radius 2 is 2.04 bits per heavy atom. The van der Waals surface area contributed by atoms with Crippen LogP contribution in [0.1, 0.15) is 26.2 Å². The van der Waals surface area contributed by atoms with Gasteiger partial charge in [-0.25, -0.2) is 4.79 Å². The van der Waals surface area contributed by atoms with Crippen LogP contribution in [0.15, 0.2) is 21.7 Å². The van der Waals surface area contributed by atoms with Gasteiger partial charge >= 0.3 is 5.69 Å². The molecule has 25 heavy (non-hydrogen) atoms. The van der Waals surface area contributed by atoms with Crippen LogP contribution in [0, 0.1) is 0 Å². The molecule has 1 unspecified atom stereocenters. The highest BCUT2D eigenvalue weighted by molar-refractivity contribution is 5.74. The molecule has 1 aliphatic heterocycles. The Morgan fingerprint density at radius 3 is 2.68 bits per heavy atom. The van der Waals surface area contributed by atoms with Gasteiger partial charge in [0.15, 0.2) is 11.2 Å². The quantitative estimate of drug-likeness (QED) is 0.806. The van der Waals surface area contributed by atoms with Crippen LogP contribution in [-0.4, -0.2) is 37.8 Å². The van der Waals surface area contributed by atoms with Gasteiger partial charge in [0.2, 0.25) is 5.95 Å². The van der Waals surface area contributed by atoms with Crippen molar-refractivity contribution in [3.05, 3.63) is 33.0 Å². The fraction of sp³-hybridized carbons (Fsp3) is 0.588. The van der Waals surface area contributed by atoms with E-state index in [1.54, 1.807) is 7.05 Å². The number of hydrogen-bond acceptors (Lipinski definition) is 5. The number of piperidine rings is 1. The Kier molecular flexibility index (Phi) is 4.55. The highest BCUT2D eigenvalue weighted by atomic mass is 16.2. The topological polar surface area (TPSA) is 91.1 Å². The second-order valence-electron chi connectivity index (χ2n) is 7.00. The van der Waals surface area contributed by atoms with Crippen molar-refractivity contribution in [1.82, 2.24) is 18.7 Å². The number of nitrogens with two attached hydrogens (primary N) is 1. The Balaban J connectivity index is 2.24. The van der Waals surface area contributed by atoms with E-state index >= 15 is 0 Å². The van der Waals surface area contributed by atoms with Gasteiger partial charge < -0.3 is 15.2 Å². The predicted molar refractivity (Wildman–Crippen MR) is 99.1 cm³/mol. The first-order chi connectivity index (χ1) is 11.8. The maximum absolute atomic E-state index is 12.8. The van der Waals surface area contributed by atoms with Crippen molar-refractivity contribution >= 4 is 17.1 Å². The number of imidazole rings is 1. The molecule has 8 nitrogen and oxygen atoms in total. The van der Waals surface area contributed by atoms with Crippen LogP contribution < -0.4 is 21.9 Å². The molecule has 2 aromatic rings. The van der Waals surface area contributed by atoms with Crippen molar-refractivity contribution in [3.8, 4) is 0 Å². The molecule has 8 heteroatoms. The van der Waals surface area contributed by atoms with Crippen LogP contribution in [0.5, 0.6) is 0 Å². The molecule has 1 atom stereocenters. The second kappa shape index (κ2) is 6.51. The molecule has 1 saturated heterocycles. The summed E-state index contributed by atoms with van der Waals surface area (Å²) in [7, 11) is 3.14. The van der Waals surface area contributed by atoms with E-state index in [9.17, 15) is 9.59 Å². The minimum atomic E-state index is -0.371. The summed E-state index contributed by atoms with van der Waals surface area (Å²) < 4.78 is 4.48. The van der Waals surface area contributed by atoms with Gasteiger partial charge in [0, 0.05) is 39.8 Å². The van der Waals surface area contributed by atoms with Gasteiger partial charge in [-0.2, -0.15) is 4.98 Å². The number of hydrogen-bond donors (Lipinski definition) is 1.